The number of aryl methyl sites for hydroxylation is 1. The Labute approximate surface area is 95.1 Å². The summed E-state index contributed by atoms with van der Waals surface area (Å²) in [4.78, 5) is 4.28. The summed E-state index contributed by atoms with van der Waals surface area (Å²) < 4.78 is 5.62. The van der Waals surface area contributed by atoms with Crippen LogP contribution in [0.1, 0.15) is 5.56 Å². The molecule has 0 bridgehead atoms. The molecule has 2 aromatic rings. The Balaban J connectivity index is 2.16. The number of nitrogens with zero attached hydrogens (tertiary/aromatic N) is 1. The molecule has 1 aromatic carbocycles. The van der Waals surface area contributed by atoms with Crippen LogP contribution in [0.3, 0.4) is 0 Å². The number of hydrogen-bond donors (Lipinski definition) is 1. The van der Waals surface area contributed by atoms with E-state index in [4.69, 9.17) is 4.74 Å². The van der Waals surface area contributed by atoms with Crippen LogP contribution in [0, 0.1) is 6.92 Å². The van der Waals surface area contributed by atoms with Gasteiger partial charge in [-0.15, -0.1) is 0 Å². The van der Waals surface area contributed by atoms with Crippen LogP contribution in [-0.2, 0) is 0 Å². The fourth-order valence-corrected chi connectivity index (χ4v) is 1.34. The molecule has 0 radical (unpaired) electrons. The van der Waals surface area contributed by atoms with E-state index in [2.05, 4.69) is 10.3 Å². The van der Waals surface area contributed by atoms with E-state index < -0.39 is 0 Å². The summed E-state index contributed by atoms with van der Waals surface area (Å²) in [5, 5.41) is 2.97. The van der Waals surface area contributed by atoms with Crippen LogP contribution < -0.4 is 10.1 Å². The van der Waals surface area contributed by atoms with E-state index in [0.717, 1.165) is 11.6 Å². The number of nitrogens with one attached hydrogen (secondary N) is 1. The average molecular weight is 214 g/mol. The van der Waals surface area contributed by atoms with Crippen molar-refractivity contribution in [1.82, 2.24) is 4.98 Å². The minimum absolute atomic E-state index is 0.593. The first-order valence-corrected chi connectivity index (χ1v) is 5.17. The maximum absolute atomic E-state index is 5.62. The van der Waals surface area contributed by atoms with Gasteiger partial charge in [-0.3, -0.25) is 0 Å². The van der Waals surface area contributed by atoms with Crippen molar-refractivity contribution in [1.29, 1.82) is 0 Å². The second-order valence-corrected chi connectivity index (χ2v) is 3.53. The van der Waals surface area contributed by atoms with E-state index in [1.54, 1.807) is 0 Å². The molecule has 0 saturated carbocycles. The van der Waals surface area contributed by atoms with Gasteiger partial charge in [-0.1, -0.05) is 23.8 Å². The molecule has 2 rings (SSSR count). The third-order valence-electron chi connectivity index (χ3n) is 2.22. The van der Waals surface area contributed by atoms with E-state index in [-0.39, 0.29) is 0 Å². The van der Waals surface area contributed by atoms with Crippen molar-refractivity contribution in [3.8, 4) is 11.6 Å². The van der Waals surface area contributed by atoms with Crippen LogP contribution in [0.25, 0.3) is 0 Å². The molecule has 1 heterocycles. The van der Waals surface area contributed by atoms with Crippen molar-refractivity contribution in [3.63, 3.8) is 0 Å². The summed E-state index contributed by atoms with van der Waals surface area (Å²) in [6.07, 6.45) is 0. The third-order valence-corrected chi connectivity index (χ3v) is 2.22. The minimum Gasteiger partial charge on any atom is -0.439 e. The molecule has 3 nitrogen and oxygen atoms in total. The topological polar surface area (TPSA) is 34.1 Å². The molecule has 1 N–H and O–H groups in total. The normalized spacial score (nSPS) is 9.88. The van der Waals surface area contributed by atoms with Gasteiger partial charge in [-0.05, 0) is 25.1 Å². The molecule has 0 amide bonds. The quantitative estimate of drug-likeness (QED) is 0.851. The van der Waals surface area contributed by atoms with Crippen LogP contribution in [0.2, 0.25) is 0 Å². The number of pyridine rings is 1. The minimum atomic E-state index is 0.593. The zero-order chi connectivity index (χ0) is 11.4. The first-order valence-electron chi connectivity index (χ1n) is 5.17. The third kappa shape index (κ3) is 2.51. The van der Waals surface area contributed by atoms with Gasteiger partial charge in [0.2, 0.25) is 5.88 Å². The number of anilines is 1. The van der Waals surface area contributed by atoms with Gasteiger partial charge in [-0.2, -0.15) is 4.98 Å². The summed E-state index contributed by atoms with van der Waals surface area (Å²) in [6.45, 7) is 2.05. The van der Waals surface area contributed by atoms with Crippen LogP contribution in [-0.4, -0.2) is 12.0 Å². The highest BCUT2D eigenvalue weighted by Gasteiger charge is 1.99. The highest BCUT2D eigenvalue weighted by atomic mass is 16.5. The summed E-state index contributed by atoms with van der Waals surface area (Å²) in [5.41, 5.74) is 1.21. The molecular formula is C13H14N2O. The average Bonchev–Trinajstić information content (AvgIpc) is 2.32. The molecule has 0 unspecified atom stereocenters. The fourth-order valence-electron chi connectivity index (χ4n) is 1.34. The zero-order valence-electron chi connectivity index (χ0n) is 9.40. The van der Waals surface area contributed by atoms with Crippen LogP contribution in [0.15, 0.2) is 42.5 Å². The van der Waals surface area contributed by atoms with E-state index >= 15 is 0 Å². The predicted octanol–water partition coefficient (Wildman–Crippen LogP) is 3.22. The second kappa shape index (κ2) is 4.66. The van der Waals surface area contributed by atoms with Gasteiger partial charge in [-0.25, -0.2) is 0 Å². The van der Waals surface area contributed by atoms with Gasteiger partial charge >= 0.3 is 0 Å². The Hall–Kier alpha value is -2.03. The number of aromatic nitrogens is 1. The number of benzene rings is 1. The number of ether oxygens (including phenoxy) is 1. The number of rotatable bonds is 3. The van der Waals surface area contributed by atoms with Gasteiger partial charge in [0.25, 0.3) is 0 Å². The molecule has 0 aliphatic rings. The van der Waals surface area contributed by atoms with E-state index in [1.165, 1.54) is 5.56 Å². The molecule has 0 atom stereocenters. The standard InChI is InChI=1S/C13H14N2O/c1-10-6-8-11(9-7-10)16-13-5-3-4-12(14-2)15-13/h3-9H,1-2H3,(H,14,15). The molecule has 0 spiro atoms. The lowest BCUT2D eigenvalue weighted by atomic mass is 10.2. The zero-order valence-corrected chi connectivity index (χ0v) is 9.40. The highest BCUT2D eigenvalue weighted by Crippen LogP contribution is 2.20. The SMILES string of the molecule is CNc1cccc(Oc2ccc(C)cc2)n1. The Kier molecular flexibility index (Phi) is 3.05. The highest BCUT2D eigenvalue weighted by molar-refractivity contribution is 5.38. The molecular weight excluding hydrogens is 200 g/mol. The molecule has 0 aliphatic heterocycles. The Morgan fingerprint density at radius 2 is 1.81 bits per heavy atom. The molecule has 82 valence electrons. The van der Waals surface area contributed by atoms with Crippen LogP contribution in [0.5, 0.6) is 11.6 Å². The second-order valence-electron chi connectivity index (χ2n) is 3.53. The monoisotopic (exact) mass is 214 g/mol. The Morgan fingerprint density at radius 1 is 1.06 bits per heavy atom. The lowest BCUT2D eigenvalue weighted by Gasteiger charge is -2.06. The summed E-state index contributed by atoms with van der Waals surface area (Å²) in [6, 6.07) is 13.5. The largest absolute Gasteiger partial charge is 0.439 e. The van der Waals surface area contributed by atoms with E-state index in [0.29, 0.717) is 5.88 Å². The van der Waals surface area contributed by atoms with Crippen molar-refractivity contribution >= 4 is 5.82 Å². The van der Waals surface area contributed by atoms with Crippen molar-refractivity contribution in [2.24, 2.45) is 0 Å². The van der Waals surface area contributed by atoms with Crippen molar-refractivity contribution in [2.75, 3.05) is 12.4 Å². The van der Waals surface area contributed by atoms with E-state index in [9.17, 15) is 0 Å². The molecule has 16 heavy (non-hydrogen) atoms. The Morgan fingerprint density at radius 3 is 2.50 bits per heavy atom. The maximum atomic E-state index is 5.62. The summed E-state index contributed by atoms with van der Waals surface area (Å²) >= 11 is 0. The molecule has 3 heteroatoms. The van der Waals surface area contributed by atoms with E-state index in [1.807, 2.05) is 56.4 Å². The summed E-state index contributed by atoms with van der Waals surface area (Å²) in [7, 11) is 1.83. The van der Waals surface area contributed by atoms with Crippen molar-refractivity contribution in [3.05, 3.63) is 48.0 Å². The van der Waals surface area contributed by atoms with Gasteiger partial charge in [0.15, 0.2) is 0 Å². The first kappa shape index (κ1) is 10.5. The van der Waals surface area contributed by atoms with Gasteiger partial charge in [0.05, 0.1) is 0 Å². The number of hydrogen-bond acceptors (Lipinski definition) is 3. The molecule has 0 aliphatic carbocycles. The van der Waals surface area contributed by atoms with Gasteiger partial charge < -0.3 is 10.1 Å². The lowest BCUT2D eigenvalue weighted by Crippen LogP contribution is -1.94. The van der Waals surface area contributed by atoms with Crippen molar-refractivity contribution in [2.45, 2.75) is 6.92 Å². The maximum Gasteiger partial charge on any atom is 0.221 e. The van der Waals surface area contributed by atoms with Crippen LogP contribution >= 0.6 is 0 Å². The first-order chi connectivity index (χ1) is 7.78. The molecule has 1 aromatic heterocycles. The summed E-state index contributed by atoms with van der Waals surface area (Å²) in [5.74, 6) is 2.19. The predicted molar refractivity (Wildman–Crippen MR) is 65.0 cm³/mol. The van der Waals surface area contributed by atoms with Crippen molar-refractivity contribution < 1.29 is 4.74 Å². The molecule has 0 saturated heterocycles. The molecule has 0 fully saturated rings. The van der Waals surface area contributed by atoms with Crippen LogP contribution in [0.4, 0.5) is 5.82 Å². The smallest absolute Gasteiger partial charge is 0.221 e. The lowest BCUT2D eigenvalue weighted by molar-refractivity contribution is 0.463. The Bertz CT molecular complexity index is 466. The van der Waals surface area contributed by atoms with Gasteiger partial charge in [0.1, 0.15) is 11.6 Å². The van der Waals surface area contributed by atoms with Gasteiger partial charge in [0, 0.05) is 13.1 Å². The fraction of sp³-hybridized carbons (Fsp3) is 0.154.